The minimum atomic E-state index is 0.182. The Labute approximate surface area is 128 Å². The predicted molar refractivity (Wildman–Crippen MR) is 88.6 cm³/mol. The fraction of sp³-hybridized carbons (Fsp3) is 0.647. The molecule has 0 aliphatic heterocycles. The predicted octanol–water partition coefficient (Wildman–Crippen LogP) is 4.24. The lowest BCUT2D eigenvalue weighted by Gasteiger charge is -2.28. The first-order chi connectivity index (χ1) is 9.47. The molecular weight excluding hydrogens is 268 g/mol. The van der Waals surface area contributed by atoms with E-state index in [1.807, 2.05) is 6.07 Å². The molecule has 1 aromatic rings. The highest BCUT2D eigenvalue weighted by atomic mass is 35.5. The summed E-state index contributed by atoms with van der Waals surface area (Å²) in [6.45, 7) is 7.75. The molecule has 2 nitrogen and oxygen atoms in total. The first kappa shape index (κ1) is 15.7. The summed E-state index contributed by atoms with van der Waals surface area (Å²) < 4.78 is 0. The summed E-state index contributed by atoms with van der Waals surface area (Å²) in [6, 6.07) is 7.14. The maximum Gasteiger partial charge on any atom is 0.0426 e. The van der Waals surface area contributed by atoms with E-state index >= 15 is 0 Å². The van der Waals surface area contributed by atoms with Crippen molar-refractivity contribution in [2.45, 2.75) is 58.5 Å². The summed E-state index contributed by atoms with van der Waals surface area (Å²) >= 11 is 6.23. The zero-order chi connectivity index (χ0) is 14.7. The van der Waals surface area contributed by atoms with Crippen molar-refractivity contribution in [1.29, 1.82) is 0 Å². The van der Waals surface area contributed by atoms with Crippen LogP contribution in [0.25, 0.3) is 0 Å². The third-order valence-electron chi connectivity index (χ3n) is 3.83. The smallest absolute Gasteiger partial charge is 0.0426 e. The van der Waals surface area contributed by atoms with Crippen molar-refractivity contribution in [2.75, 3.05) is 11.4 Å². The number of nitrogens with two attached hydrogens (primary N) is 1. The SMILES string of the molecule is CC(C)CCN(c1cc(Cl)ccc1CC(C)N)C1CC1. The highest BCUT2D eigenvalue weighted by Gasteiger charge is 2.30. The van der Waals surface area contributed by atoms with Gasteiger partial charge in [0.25, 0.3) is 0 Å². The van der Waals surface area contributed by atoms with E-state index in [0.717, 1.165) is 23.9 Å². The molecule has 0 aromatic heterocycles. The van der Waals surface area contributed by atoms with Crippen molar-refractivity contribution >= 4 is 17.3 Å². The van der Waals surface area contributed by atoms with Crippen LogP contribution in [0.2, 0.25) is 5.02 Å². The summed E-state index contributed by atoms with van der Waals surface area (Å²) in [4.78, 5) is 2.56. The van der Waals surface area contributed by atoms with Crippen LogP contribution in [0.1, 0.15) is 45.6 Å². The highest BCUT2D eigenvalue weighted by Crippen LogP contribution is 2.36. The number of hydrogen-bond acceptors (Lipinski definition) is 2. The lowest BCUT2D eigenvalue weighted by atomic mass is 10.0. The van der Waals surface area contributed by atoms with Gasteiger partial charge in [-0.1, -0.05) is 31.5 Å². The summed E-state index contributed by atoms with van der Waals surface area (Å²) in [7, 11) is 0. The molecule has 0 spiro atoms. The Hall–Kier alpha value is -0.730. The molecule has 1 aromatic carbocycles. The molecule has 1 aliphatic carbocycles. The van der Waals surface area contributed by atoms with Gasteiger partial charge in [-0.05, 0) is 56.2 Å². The molecule has 20 heavy (non-hydrogen) atoms. The van der Waals surface area contributed by atoms with E-state index in [4.69, 9.17) is 17.3 Å². The van der Waals surface area contributed by atoms with Crippen molar-refractivity contribution in [3.63, 3.8) is 0 Å². The van der Waals surface area contributed by atoms with Crippen molar-refractivity contribution in [3.05, 3.63) is 28.8 Å². The molecule has 3 heteroatoms. The van der Waals surface area contributed by atoms with E-state index in [1.165, 1.54) is 30.5 Å². The van der Waals surface area contributed by atoms with Gasteiger partial charge >= 0.3 is 0 Å². The number of halogens is 1. The summed E-state index contributed by atoms with van der Waals surface area (Å²) in [5.74, 6) is 0.729. The van der Waals surface area contributed by atoms with Gasteiger partial charge in [0.2, 0.25) is 0 Å². The molecule has 1 fully saturated rings. The molecular formula is C17H27ClN2. The largest absolute Gasteiger partial charge is 0.368 e. The normalized spacial score (nSPS) is 16.5. The summed E-state index contributed by atoms with van der Waals surface area (Å²) in [5.41, 5.74) is 8.63. The molecule has 0 saturated heterocycles. The van der Waals surface area contributed by atoms with Crippen LogP contribution in [0.4, 0.5) is 5.69 Å². The Morgan fingerprint density at radius 3 is 2.55 bits per heavy atom. The molecule has 0 radical (unpaired) electrons. The monoisotopic (exact) mass is 294 g/mol. The number of benzene rings is 1. The van der Waals surface area contributed by atoms with Gasteiger partial charge in [-0.25, -0.2) is 0 Å². The Morgan fingerprint density at radius 1 is 1.30 bits per heavy atom. The second-order valence-corrected chi connectivity index (χ2v) is 7.00. The number of nitrogens with zero attached hydrogens (tertiary/aromatic N) is 1. The van der Waals surface area contributed by atoms with Crippen LogP contribution in [0.3, 0.4) is 0 Å². The third-order valence-corrected chi connectivity index (χ3v) is 4.07. The van der Waals surface area contributed by atoms with Crippen molar-refractivity contribution in [2.24, 2.45) is 11.7 Å². The lowest BCUT2D eigenvalue weighted by Crippen LogP contribution is -2.29. The van der Waals surface area contributed by atoms with E-state index < -0.39 is 0 Å². The van der Waals surface area contributed by atoms with Gasteiger partial charge in [-0.2, -0.15) is 0 Å². The summed E-state index contributed by atoms with van der Waals surface area (Å²) in [6.07, 6.45) is 4.75. The molecule has 0 bridgehead atoms. The number of rotatable bonds is 7. The Balaban J connectivity index is 2.23. The van der Waals surface area contributed by atoms with Crippen molar-refractivity contribution in [1.82, 2.24) is 0 Å². The molecule has 0 amide bonds. The third kappa shape index (κ3) is 4.39. The van der Waals surface area contributed by atoms with Crippen LogP contribution in [-0.4, -0.2) is 18.6 Å². The van der Waals surface area contributed by atoms with Crippen molar-refractivity contribution in [3.8, 4) is 0 Å². The van der Waals surface area contributed by atoms with Crippen molar-refractivity contribution < 1.29 is 0 Å². The van der Waals surface area contributed by atoms with Gasteiger partial charge in [0.1, 0.15) is 0 Å². The molecule has 112 valence electrons. The molecule has 1 atom stereocenters. The first-order valence-corrected chi connectivity index (χ1v) is 8.15. The average molecular weight is 295 g/mol. The topological polar surface area (TPSA) is 29.3 Å². The Bertz CT molecular complexity index is 439. The van der Waals surface area contributed by atoms with Crippen LogP contribution < -0.4 is 10.6 Å². The fourth-order valence-corrected chi connectivity index (χ4v) is 2.77. The van der Waals surface area contributed by atoms with Crippen LogP contribution >= 0.6 is 11.6 Å². The minimum Gasteiger partial charge on any atom is -0.368 e. The molecule has 2 N–H and O–H groups in total. The van der Waals surface area contributed by atoms with Crippen LogP contribution in [0, 0.1) is 5.92 Å². The molecule has 1 unspecified atom stereocenters. The maximum atomic E-state index is 6.23. The van der Waals surface area contributed by atoms with E-state index in [-0.39, 0.29) is 6.04 Å². The first-order valence-electron chi connectivity index (χ1n) is 7.78. The highest BCUT2D eigenvalue weighted by molar-refractivity contribution is 6.30. The maximum absolute atomic E-state index is 6.23. The van der Waals surface area contributed by atoms with Crippen LogP contribution in [0.5, 0.6) is 0 Å². The quantitative estimate of drug-likeness (QED) is 0.815. The zero-order valence-electron chi connectivity index (χ0n) is 12.9. The number of hydrogen-bond donors (Lipinski definition) is 1. The lowest BCUT2D eigenvalue weighted by molar-refractivity contribution is 0.569. The van der Waals surface area contributed by atoms with Gasteiger partial charge in [-0.15, -0.1) is 0 Å². The minimum absolute atomic E-state index is 0.182. The van der Waals surface area contributed by atoms with Gasteiger partial charge in [0, 0.05) is 29.3 Å². The second kappa shape index (κ2) is 6.82. The Kier molecular flexibility index (Phi) is 5.34. The van der Waals surface area contributed by atoms with E-state index in [0.29, 0.717) is 6.04 Å². The molecule has 1 saturated carbocycles. The number of anilines is 1. The van der Waals surface area contributed by atoms with Gasteiger partial charge in [0.15, 0.2) is 0 Å². The van der Waals surface area contributed by atoms with E-state index in [1.54, 1.807) is 0 Å². The molecule has 2 rings (SSSR count). The standard InChI is InChI=1S/C17H27ClN2/c1-12(2)8-9-20(16-6-7-16)17-11-15(18)5-4-14(17)10-13(3)19/h4-5,11-13,16H,6-10,19H2,1-3H3. The van der Waals surface area contributed by atoms with Crippen LogP contribution in [0.15, 0.2) is 18.2 Å². The molecule has 0 heterocycles. The Morgan fingerprint density at radius 2 is 2.00 bits per heavy atom. The summed E-state index contributed by atoms with van der Waals surface area (Å²) in [5, 5.41) is 0.823. The van der Waals surface area contributed by atoms with Gasteiger partial charge in [0.05, 0.1) is 0 Å². The zero-order valence-corrected chi connectivity index (χ0v) is 13.7. The van der Waals surface area contributed by atoms with E-state index in [9.17, 15) is 0 Å². The average Bonchev–Trinajstić information content (AvgIpc) is 3.16. The molecule has 1 aliphatic rings. The van der Waals surface area contributed by atoms with E-state index in [2.05, 4.69) is 37.8 Å². The van der Waals surface area contributed by atoms with Gasteiger partial charge < -0.3 is 10.6 Å². The van der Waals surface area contributed by atoms with Gasteiger partial charge in [-0.3, -0.25) is 0 Å². The fourth-order valence-electron chi connectivity index (χ4n) is 2.61. The van der Waals surface area contributed by atoms with Crippen LogP contribution in [-0.2, 0) is 6.42 Å². The second-order valence-electron chi connectivity index (χ2n) is 6.56.